The Labute approximate surface area is 135 Å². The molecule has 1 rings (SSSR count). The highest BCUT2D eigenvalue weighted by molar-refractivity contribution is 7.80. The van der Waals surface area contributed by atoms with Crippen LogP contribution in [-0.4, -0.2) is 28.7 Å². The fourth-order valence-corrected chi connectivity index (χ4v) is 1.38. The lowest BCUT2D eigenvalue weighted by Crippen LogP contribution is -2.30. The van der Waals surface area contributed by atoms with E-state index in [4.69, 9.17) is 24.4 Å². The Morgan fingerprint density at radius 1 is 0.905 bits per heavy atom. The van der Waals surface area contributed by atoms with Crippen LogP contribution in [0, 0.1) is 0 Å². The van der Waals surface area contributed by atoms with Gasteiger partial charge < -0.3 is 10.6 Å². The maximum Gasteiger partial charge on any atom is 0.191 e. The van der Waals surface area contributed by atoms with Gasteiger partial charge in [-0.2, -0.15) is 10.2 Å². The van der Waals surface area contributed by atoms with E-state index in [9.17, 15) is 0 Å². The number of benzene rings is 1. The maximum absolute atomic E-state index is 5.15. The van der Waals surface area contributed by atoms with Crippen LogP contribution in [0.4, 0.5) is 5.69 Å². The van der Waals surface area contributed by atoms with Crippen molar-refractivity contribution in [3.8, 4) is 0 Å². The Balaban J connectivity index is 2.51. The molecule has 0 aliphatic rings. The van der Waals surface area contributed by atoms with E-state index in [1.54, 1.807) is 7.05 Å². The topological polar surface area (TPSA) is 72.8 Å². The van der Waals surface area contributed by atoms with Crippen molar-refractivity contribution in [2.75, 3.05) is 12.4 Å². The van der Waals surface area contributed by atoms with Gasteiger partial charge in [-0.1, -0.05) is 18.2 Å². The molecule has 21 heavy (non-hydrogen) atoms. The summed E-state index contributed by atoms with van der Waals surface area (Å²) in [6, 6.07) is 9.62. The number of para-hydroxylation sites is 1. The van der Waals surface area contributed by atoms with Gasteiger partial charge in [0.25, 0.3) is 0 Å². The number of nitrogens with zero attached hydrogens (tertiary/aromatic N) is 2. The normalized spacial score (nSPS) is 11.6. The fourth-order valence-electron chi connectivity index (χ4n) is 1.17. The van der Waals surface area contributed by atoms with Gasteiger partial charge in [-0.15, -0.1) is 0 Å². The molecule has 0 atom stereocenters. The van der Waals surface area contributed by atoms with Crippen molar-refractivity contribution in [1.29, 1.82) is 0 Å². The number of nitrogens with one attached hydrogen (secondary N) is 4. The summed E-state index contributed by atoms with van der Waals surface area (Å²) in [7, 11) is 1.72. The van der Waals surface area contributed by atoms with E-state index in [0.717, 1.165) is 5.69 Å². The van der Waals surface area contributed by atoms with Gasteiger partial charge >= 0.3 is 0 Å². The first-order valence-electron chi connectivity index (χ1n) is 6.21. The second kappa shape index (κ2) is 8.98. The van der Waals surface area contributed by atoms with E-state index in [1.165, 1.54) is 0 Å². The lowest BCUT2D eigenvalue weighted by molar-refractivity contribution is 0.974. The highest BCUT2D eigenvalue weighted by atomic mass is 32.1. The van der Waals surface area contributed by atoms with Gasteiger partial charge in [0.05, 0.1) is 11.4 Å². The molecule has 0 bridgehead atoms. The molecular weight excluding hydrogens is 304 g/mol. The molecule has 1 aromatic carbocycles. The van der Waals surface area contributed by atoms with Crippen molar-refractivity contribution in [2.45, 2.75) is 13.8 Å². The summed E-state index contributed by atoms with van der Waals surface area (Å²) < 4.78 is 0. The summed E-state index contributed by atoms with van der Waals surface area (Å²) >= 11 is 10.1. The summed E-state index contributed by atoms with van der Waals surface area (Å²) in [4.78, 5) is 0. The minimum atomic E-state index is 0.409. The highest BCUT2D eigenvalue weighted by Gasteiger charge is 1.99. The first-order valence-corrected chi connectivity index (χ1v) is 7.03. The van der Waals surface area contributed by atoms with Crippen LogP contribution in [0.25, 0.3) is 0 Å². The SMILES string of the molecule is CNC(=S)NN=C(C)C(C)=NNC(=S)Nc1ccccc1. The van der Waals surface area contributed by atoms with Gasteiger partial charge in [0.15, 0.2) is 10.2 Å². The predicted octanol–water partition coefficient (Wildman–Crippen LogP) is 1.82. The van der Waals surface area contributed by atoms with Crippen molar-refractivity contribution in [3.05, 3.63) is 30.3 Å². The summed E-state index contributed by atoms with van der Waals surface area (Å²) in [5.41, 5.74) is 7.74. The summed E-state index contributed by atoms with van der Waals surface area (Å²) in [6.45, 7) is 3.64. The van der Waals surface area contributed by atoms with Crippen LogP contribution < -0.4 is 21.5 Å². The Morgan fingerprint density at radius 3 is 1.95 bits per heavy atom. The monoisotopic (exact) mass is 322 g/mol. The Kier molecular flexibility index (Phi) is 7.27. The Morgan fingerprint density at radius 2 is 1.43 bits per heavy atom. The average molecular weight is 322 g/mol. The van der Waals surface area contributed by atoms with E-state index in [-0.39, 0.29) is 0 Å². The van der Waals surface area contributed by atoms with Crippen molar-refractivity contribution < 1.29 is 0 Å². The molecule has 0 heterocycles. The van der Waals surface area contributed by atoms with Crippen LogP contribution in [0.15, 0.2) is 40.5 Å². The molecular formula is C13H18N6S2. The Bertz CT molecular complexity index is 553. The zero-order chi connectivity index (χ0) is 15.7. The first-order chi connectivity index (χ1) is 10.0. The standard InChI is InChI=1S/C13H18N6S2/c1-9(16-18-12(20)14-3)10(2)17-19-13(21)15-11-7-5-4-6-8-11/h4-8H,1-3H3,(H2,14,18,20)(H2,15,19,21). The van der Waals surface area contributed by atoms with E-state index in [1.807, 2.05) is 44.2 Å². The minimum Gasteiger partial charge on any atom is -0.364 e. The third-order valence-corrected chi connectivity index (χ3v) is 2.92. The number of anilines is 1. The third kappa shape index (κ3) is 6.77. The second-order valence-corrected chi connectivity index (χ2v) is 4.83. The molecule has 6 nitrogen and oxygen atoms in total. The van der Waals surface area contributed by atoms with Gasteiger partial charge in [-0.3, -0.25) is 10.9 Å². The Hall–Kier alpha value is -2.06. The zero-order valence-electron chi connectivity index (χ0n) is 12.1. The summed E-state index contributed by atoms with van der Waals surface area (Å²) in [5, 5.41) is 14.9. The van der Waals surface area contributed by atoms with Gasteiger partial charge in [-0.05, 0) is 50.4 Å². The van der Waals surface area contributed by atoms with Crippen molar-refractivity contribution in [2.24, 2.45) is 10.2 Å². The predicted molar refractivity (Wildman–Crippen MR) is 96.8 cm³/mol. The van der Waals surface area contributed by atoms with E-state index < -0.39 is 0 Å². The van der Waals surface area contributed by atoms with Crippen molar-refractivity contribution in [1.82, 2.24) is 16.2 Å². The molecule has 0 saturated heterocycles. The number of hydrazone groups is 2. The van der Waals surface area contributed by atoms with Gasteiger partial charge in [0, 0.05) is 12.7 Å². The van der Waals surface area contributed by atoms with E-state index in [0.29, 0.717) is 21.6 Å². The lowest BCUT2D eigenvalue weighted by Gasteiger charge is -2.08. The molecule has 0 fully saturated rings. The van der Waals surface area contributed by atoms with Gasteiger partial charge in [0.2, 0.25) is 0 Å². The van der Waals surface area contributed by atoms with Crippen LogP contribution in [-0.2, 0) is 0 Å². The van der Waals surface area contributed by atoms with Crippen LogP contribution in [0.5, 0.6) is 0 Å². The maximum atomic E-state index is 5.15. The van der Waals surface area contributed by atoms with Crippen LogP contribution in [0.1, 0.15) is 13.8 Å². The van der Waals surface area contributed by atoms with Crippen LogP contribution in [0.3, 0.4) is 0 Å². The zero-order valence-corrected chi connectivity index (χ0v) is 13.7. The molecule has 0 radical (unpaired) electrons. The molecule has 0 aliphatic heterocycles. The molecule has 4 N–H and O–H groups in total. The molecule has 112 valence electrons. The lowest BCUT2D eigenvalue weighted by atomic mass is 10.3. The highest BCUT2D eigenvalue weighted by Crippen LogP contribution is 2.04. The van der Waals surface area contributed by atoms with Crippen molar-refractivity contribution >= 4 is 51.8 Å². The summed E-state index contributed by atoms with van der Waals surface area (Å²) in [6.07, 6.45) is 0. The quantitative estimate of drug-likeness (QED) is 0.385. The van der Waals surface area contributed by atoms with Gasteiger partial charge in [0.1, 0.15) is 0 Å². The molecule has 0 amide bonds. The molecule has 8 heteroatoms. The number of thiocarbonyl (C=S) groups is 2. The van der Waals surface area contributed by atoms with Gasteiger partial charge in [-0.25, -0.2) is 0 Å². The molecule has 0 aliphatic carbocycles. The molecule has 0 spiro atoms. The minimum absolute atomic E-state index is 0.409. The molecule has 0 unspecified atom stereocenters. The first kappa shape index (κ1) is 17.0. The third-order valence-electron chi connectivity index (χ3n) is 2.43. The molecule has 0 aromatic heterocycles. The van der Waals surface area contributed by atoms with Crippen LogP contribution >= 0.6 is 24.4 Å². The smallest absolute Gasteiger partial charge is 0.191 e. The number of rotatable bonds is 4. The number of hydrogen-bond donors (Lipinski definition) is 4. The average Bonchev–Trinajstić information content (AvgIpc) is 2.50. The van der Waals surface area contributed by atoms with Crippen molar-refractivity contribution in [3.63, 3.8) is 0 Å². The van der Waals surface area contributed by atoms with E-state index >= 15 is 0 Å². The number of hydrogen-bond acceptors (Lipinski definition) is 4. The molecule has 0 saturated carbocycles. The fraction of sp³-hybridized carbons (Fsp3) is 0.231. The summed E-state index contributed by atoms with van der Waals surface area (Å²) in [5.74, 6) is 0. The van der Waals surface area contributed by atoms with E-state index in [2.05, 4.69) is 31.7 Å². The molecule has 1 aromatic rings. The van der Waals surface area contributed by atoms with Crippen LogP contribution in [0.2, 0.25) is 0 Å². The largest absolute Gasteiger partial charge is 0.364 e. The second-order valence-electron chi connectivity index (χ2n) is 4.02.